The second kappa shape index (κ2) is 6.69. The molecule has 2 heterocycles. The molecule has 0 spiro atoms. The lowest BCUT2D eigenvalue weighted by Crippen LogP contribution is -2.36. The van der Waals surface area contributed by atoms with Crippen LogP contribution in [0.15, 0.2) is 35.7 Å². The Morgan fingerprint density at radius 1 is 1.24 bits per heavy atom. The number of benzene rings is 1. The van der Waals surface area contributed by atoms with Crippen molar-refractivity contribution in [2.24, 2.45) is 0 Å². The zero-order chi connectivity index (χ0) is 14.7. The van der Waals surface area contributed by atoms with Gasteiger partial charge in [-0.05, 0) is 48.2 Å². The molecule has 2 aromatic rings. The molecule has 1 aliphatic rings. The zero-order valence-electron chi connectivity index (χ0n) is 12.0. The molecule has 5 heteroatoms. The molecule has 0 amide bonds. The van der Waals surface area contributed by atoms with E-state index < -0.39 is 0 Å². The van der Waals surface area contributed by atoms with Gasteiger partial charge in [0.2, 0.25) is 0 Å². The van der Waals surface area contributed by atoms with E-state index in [1.807, 2.05) is 6.07 Å². The molecular formula is C16H19ClN2OS. The fraction of sp³-hybridized carbons (Fsp3) is 0.375. The lowest BCUT2D eigenvalue weighted by atomic mass is 10.1. The van der Waals surface area contributed by atoms with Crippen LogP contribution < -0.4 is 10.2 Å². The molecular weight excluding hydrogens is 304 g/mol. The first kappa shape index (κ1) is 14.7. The third-order valence-electron chi connectivity index (χ3n) is 3.71. The summed E-state index contributed by atoms with van der Waals surface area (Å²) in [6.45, 7) is 5.72. The van der Waals surface area contributed by atoms with E-state index in [9.17, 15) is 0 Å². The third-order valence-corrected chi connectivity index (χ3v) is 4.82. The van der Waals surface area contributed by atoms with Crippen LogP contribution in [0.25, 0.3) is 0 Å². The number of hydrogen-bond donors (Lipinski definition) is 1. The standard InChI is InChI=1S/C16H19ClN2OS/c1-12(13-10-16(17)21-11-13)18-14-2-4-15(5-3-14)19-6-8-20-9-7-19/h2-5,10-12,18H,6-9H2,1H3. The fourth-order valence-corrected chi connectivity index (χ4v) is 3.46. The SMILES string of the molecule is CC(Nc1ccc(N2CCOCC2)cc1)c1csc(Cl)c1. The Bertz CT molecular complexity index is 578. The number of halogens is 1. The summed E-state index contributed by atoms with van der Waals surface area (Å²) in [7, 11) is 0. The number of hydrogen-bond acceptors (Lipinski definition) is 4. The first-order chi connectivity index (χ1) is 10.2. The summed E-state index contributed by atoms with van der Waals surface area (Å²) in [5.74, 6) is 0. The van der Waals surface area contributed by atoms with Gasteiger partial charge in [0, 0.05) is 30.5 Å². The molecule has 112 valence electrons. The molecule has 3 rings (SSSR count). The van der Waals surface area contributed by atoms with Crippen molar-refractivity contribution in [1.82, 2.24) is 0 Å². The van der Waals surface area contributed by atoms with Crippen LogP contribution in [-0.4, -0.2) is 26.3 Å². The van der Waals surface area contributed by atoms with Gasteiger partial charge in [-0.2, -0.15) is 0 Å². The minimum atomic E-state index is 0.253. The van der Waals surface area contributed by atoms with E-state index in [-0.39, 0.29) is 6.04 Å². The second-order valence-electron chi connectivity index (χ2n) is 5.20. The van der Waals surface area contributed by atoms with Crippen LogP contribution in [0.5, 0.6) is 0 Å². The maximum atomic E-state index is 5.99. The van der Waals surface area contributed by atoms with E-state index in [2.05, 4.69) is 46.8 Å². The molecule has 0 bridgehead atoms. The molecule has 0 saturated carbocycles. The molecule has 1 fully saturated rings. The van der Waals surface area contributed by atoms with Crippen molar-refractivity contribution >= 4 is 34.3 Å². The van der Waals surface area contributed by atoms with E-state index in [0.717, 1.165) is 36.3 Å². The van der Waals surface area contributed by atoms with Crippen molar-refractivity contribution < 1.29 is 4.74 Å². The van der Waals surface area contributed by atoms with E-state index in [1.165, 1.54) is 11.3 Å². The van der Waals surface area contributed by atoms with Gasteiger partial charge in [-0.3, -0.25) is 0 Å². The minimum Gasteiger partial charge on any atom is -0.378 e. The first-order valence-corrected chi connectivity index (χ1v) is 8.41. The third kappa shape index (κ3) is 3.70. The number of thiophene rings is 1. The van der Waals surface area contributed by atoms with Crippen LogP contribution in [-0.2, 0) is 4.74 Å². The van der Waals surface area contributed by atoms with Gasteiger partial charge in [0.15, 0.2) is 0 Å². The van der Waals surface area contributed by atoms with Crippen LogP contribution in [0, 0.1) is 0 Å². The Balaban J connectivity index is 1.63. The Kier molecular flexibility index (Phi) is 4.68. The molecule has 1 unspecified atom stereocenters. The maximum Gasteiger partial charge on any atom is 0.0931 e. The molecule has 21 heavy (non-hydrogen) atoms. The summed E-state index contributed by atoms with van der Waals surface area (Å²) in [5.41, 5.74) is 3.61. The summed E-state index contributed by atoms with van der Waals surface area (Å²) in [6, 6.07) is 10.9. The average Bonchev–Trinajstić information content (AvgIpc) is 2.96. The highest BCUT2D eigenvalue weighted by molar-refractivity contribution is 7.14. The number of ether oxygens (including phenoxy) is 1. The normalized spacial score (nSPS) is 16.8. The van der Waals surface area contributed by atoms with Gasteiger partial charge in [-0.15, -0.1) is 11.3 Å². The Hall–Kier alpha value is -1.23. The number of morpholine rings is 1. The molecule has 1 atom stereocenters. The van der Waals surface area contributed by atoms with Gasteiger partial charge in [-0.1, -0.05) is 11.6 Å². The molecule has 1 aromatic heterocycles. The highest BCUT2D eigenvalue weighted by Crippen LogP contribution is 2.27. The smallest absolute Gasteiger partial charge is 0.0931 e. The average molecular weight is 323 g/mol. The Morgan fingerprint density at radius 2 is 1.95 bits per heavy atom. The van der Waals surface area contributed by atoms with E-state index in [4.69, 9.17) is 16.3 Å². The molecule has 3 nitrogen and oxygen atoms in total. The van der Waals surface area contributed by atoms with Crippen LogP contribution in [0.3, 0.4) is 0 Å². The summed E-state index contributed by atoms with van der Waals surface area (Å²) in [6.07, 6.45) is 0. The lowest BCUT2D eigenvalue weighted by molar-refractivity contribution is 0.122. The molecule has 1 saturated heterocycles. The van der Waals surface area contributed by atoms with Gasteiger partial charge in [-0.25, -0.2) is 0 Å². The van der Waals surface area contributed by atoms with Crippen LogP contribution in [0.4, 0.5) is 11.4 Å². The minimum absolute atomic E-state index is 0.253. The summed E-state index contributed by atoms with van der Waals surface area (Å²) in [5, 5.41) is 5.61. The second-order valence-corrected chi connectivity index (χ2v) is 6.74. The van der Waals surface area contributed by atoms with Crippen molar-refractivity contribution in [1.29, 1.82) is 0 Å². The molecule has 1 N–H and O–H groups in total. The highest BCUT2D eigenvalue weighted by Gasteiger charge is 2.11. The van der Waals surface area contributed by atoms with Gasteiger partial charge in [0.1, 0.15) is 0 Å². The summed E-state index contributed by atoms with van der Waals surface area (Å²) < 4.78 is 6.22. The quantitative estimate of drug-likeness (QED) is 0.902. The largest absolute Gasteiger partial charge is 0.378 e. The number of nitrogens with zero attached hydrogens (tertiary/aromatic N) is 1. The monoisotopic (exact) mass is 322 g/mol. The zero-order valence-corrected chi connectivity index (χ0v) is 13.6. The molecule has 1 aromatic carbocycles. The van der Waals surface area contributed by atoms with Crippen molar-refractivity contribution in [3.63, 3.8) is 0 Å². The number of nitrogens with one attached hydrogen (secondary N) is 1. The van der Waals surface area contributed by atoms with Gasteiger partial charge in [0.25, 0.3) is 0 Å². The van der Waals surface area contributed by atoms with Gasteiger partial charge < -0.3 is 15.0 Å². The summed E-state index contributed by atoms with van der Waals surface area (Å²) >= 11 is 7.56. The predicted octanol–water partition coefficient (Wildman–Crippen LogP) is 4.41. The predicted molar refractivity (Wildman–Crippen MR) is 90.8 cm³/mol. The first-order valence-electron chi connectivity index (χ1n) is 7.15. The highest BCUT2D eigenvalue weighted by atomic mass is 35.5. The van der Waals surface area contributed by atoms with Crippen LogP contribution in [0.2, 0.25) is 4.34 Å². The van der Waals surface area contributed by atoms with Crippen molar-refractivity contribution in [2.75, 3.05) is 36.5 Å². The molecule has 0 aliphatic carbocycles. The topological polar surface area (TPSA) is 24.5 Å². The van der Waals surface area contributed by atoms with Crippen molar-refractivity contribution in [2.45, 2.75) is 13.0 Å². The van der Waals surface area contributed by atoms with E-state index >= 15 is 0 Å². The number of anilines is 2. The van der Waals surface area contributed by atoms with Gasteiger partial charge in [0.05, 0.1) is 17.6 Å². The molecule has 0 radical (unpaired) electrons. The van der Waals surface area contributed by atoms with E-state index in [1.54, 1.807) is 11.3 Å². The fourth-order valence-electron chi connectivity index (χ4n) is 2.47. The van der Waals surface area contributed by atoms with E-state index in [0.29, 0.717) is 0 Å². The lowest BCUT2D eigenvalue weighted by Gasteiger charge is -2.29. The van der Waals surface area contributed by atoms with Crippen molar-refractivity contribution in [3.05, 3.63) is 45.6 Å². The van der Waals surface area contributed by atoms with Crippen LogP contribution >= 0.6 is 22.9 Å². The summed E-state index contributed by atoms with van der Waals surface area (Å²) in [4.78, 5) is 2.36. The Labute approximate surface area is 134 Å². The maximum absolute atomic E-state index is 5.99. The van der Waals surface area contributed by atoms with Gasteiger partial charge >= 0.3 is 0 Å². The van der Waals surface area contributed by atoms with Crippen molar-refractivity contribution in [3.8, 4) is 0 Å². The number of rotatable bonds is 4. The van der Waals surface area contributed by atoms with Crippen LogP contribution in [0.1, 0.15) is 18.5 Å². The Morgan fingerprint density at radius 3 is 2.57 bits per heavy atom. The molecule has 1 aliphatic heterocycles.